The van der Waals surface area contributed by atoms with Crippen molar-refractivity contribution >= 4 is 0 Å². The smallest absolute Gasteiger partial charge is 0.182 e. The fourth-order valence-corrected chi connectivity index (χ4v) is 3.67. The Hall–Kier alpha value is -2.36. The number of phenols is 2. The molecule has 0 atom stereocenters. The van der Waals surface area contributed by atoms with Gasteiger partial charge in [-0.15, -0.1) is 0 Å². The number of benzene rings is 2. The van der Waals surface area contributed by atoms with Crippen molar-refractivity contribution in [3.63, 3.8) is 0 Å². The van der Waals surface area contributed by atoms with Crippen molar-refractivity contribution in [2.75, 3.05) is 0 Å². The molecule has 0 amide bonds. The SMILES string of the molecule is CCCc1c(O)ccc(OOc2ccc(O)c(CCC)c2CCC)c1CCC. The van der Waals surface area contributed by atoms with Crippen LogP contribution in [0.1, 0.15) is 75.6 Å². The minimum Gasteiger partial charge on any atom is -0.508 e. The Morgan fingerprint density at radius 2 is 0.857 bits per heavy atom. The minimum atomic E-state index is 0.319. The molecule has 0 fully saturated rings. The fraction of sp³-hybridized carbons (Fsp3) is 0.500. The maximum atomic E-state index is 10.3. The van der Waals surface area contributed by atoms with Crippen molar-refractivity contribution in [1.29, 1.82) is 0 Å². The van der Waals surface area contributed by atoms with E-state index in [1.54, 1.807) is 24.3 Å². The summed E-state index contributed by atoms with van der Waals surface area (Å²) in [6.45, 7) is 8.42. The Balaban J connectivity index is 2.35. The lowest BCUT2D eigenvalue weighted by Crippen LogP contribution is -2.08. The molecule has 0 heterocycles. The van der Waals surface area contributed by atoms with Crippen LogP contribution in [0.5, 0.6) is 23.0 Å². The highest BCUT2D eigenvalue weighted by Gasteiger charge is 2.17. The maximum Gasteiger partial charge on any atom is 0.182 e. The van der Waals surface area contributed by atoms with E-state index in [1.165, 1.54) is 0 Å². The highest BCUT2D eigenvalue weighted by Crippen LogP contribution is 2.35. The lowest BCUT2D eigenvalue weighted by Gasteiger charge is -2.18. The van der Waals surface area contributed by atoms with Gasteiger partial charge in [-0.3, -0.25) is 9.78 Å². The van der Waals surface area contributed by atoms with Crippen LogP contribution in [-0.4, -0.2) is 10.2 Å². The summed E-state index contributed by atoms with van der Waals surface area (Å²) in [6.07, 6.45) is 7.07. The molecule has 0 unspecified atom stereocenters. The van der Waals surface area contributed by atoms with Gasteiger partial charge in [0.05, 0.1) is 0 Å². The Kier molecular flexibility index (Phi) is 8.49. The summed E-state index contributed by atoms with van der Waals surface area (Å²) < 4.78 is 0. The second kappa shape index (κ2) is 10.8. The van der Waals surface area contributed by atoms with Gasteiger partial charge in [-0.2, -0.15) is 0 Å². The third-order valence-corrected chi connectivity index (χ3v) is 4.95. The van der Waals surface area contributed by atoms with Crippen LogP contribution < -0.4 is 9.78 Å². The van der Waals surface area contributed by atoms with Crippen LogP contribution in [0.25, 0.3) is 0 Å². The average Bonchev–Trinajstić information content (AvgIpc) is 2.68. The molecule has 2 N–H and O–H groups in total. The first-order valence-electron chi connectivity index (χ1n) is 10.6. The summed E-state index contributed by atoms with van der Waals surface area (Å²) in [4.78, 5) is 11.6. The van der Waals surface area contributed by atoms with E-state index in [9.17, 15) is 10.2 Å². The predicted octanol–water partition coefficient (Wildman–Crippen LogP) is 6.28. The number of aromatic hydroxyl groups is 2. The van der Waals surface area contributed by atoms with E-state index >= 15 is 0 Å². The Bertz CT molecular complexity index is 702. The molecule has 0 bridgehead atoms. The molecular weight excluding hydrogens is 352 g/mol. The van der Waals surface area contributed by atoms with Crippen molar-refractivity contribution in [2.45, 2.75) is 79.1 Å². The highest BCUT2D eigenvalue weighted by molar-refractivity contribution is 5.50. The molecule has 2 aromatic rings. The molecule has 4 heteroatoms. The molecule has 0 aliphatic carbocycles. The van der Waals surface area contributed by atoms with Gasteiger partial charge >= 0.3 is 0 Å². The Labute approximate surface area is 169 Å². The molecule has 28 heavy (non-hydrogen) atoms. The molecule has 0 aliphatic heterocycles. The fourth-order valence-electron chi connectivity index (χ4n) is 3.67. The maximum absolute atomic E-state index is 10.3. The monoisotopic (exact) mass is 386 g/mol. The molecule has 2 aromatic carbocycles. The second-order valence-corrected chi connectivity index (χ2v) is 7.25. The average molecular weight is 387 g/mol. The van der Waals surface area contributed by atoms with Crippen molar-refractivity contribution in [3.8, 4) is 23.0 Å². The molecule has 0 spiro atoms. The molecular formula is C24H34O4. The summed E-state index contributed by atoms with van der Waals surface area (Å²) in [5, 5.41) is 20.5. The quantitative estimate of drug-likeness (QED) is 0.352. The van der Waals surface area contributed by atoms with E-state index in [0.717, 1.165) is 73.6 Å². The van der Waals surface area contributed by atoms with Gasteiger partial charge in [0.2, 0.25) is 0 Å². The highest BCUT2D eigenvalue weighted by atomic mass is 17.2. The van der Waals surface area contributed by atoms with Gasteiger partial charge in [-0.1, -0.05) is 53.4 Å². The molecule has 0 radical (unpaired) electrons. The third-order valence-electron chi connectivity index (χ3n) is 4.95. The van der Waals surface area contributed by atoms with Crippen molar-refractivity contribution in [1.82, 2.24) is 0 Å². The van der Waals surface area contributed by atoms with Crippen molar-refractivity contribution < 1.29 is 20.0 Å². The van der Waals surface area contributed by atoms with Gasteiger partial charge in [0.15, 0.2) is 11.5 Å². The van der Waals surface area contributed by atoms with Gasteiger partial charge in [-0.05, 0) is 49.9 Å². The third kappa shape index (κ3) is 5.12. The summed E-state index contributed by atoms with van der Waals surface area (Å²) >= 11 is 0. The Morgan fingerprint density at radius 3 is 1.18 bits per heavy atom. The van der Waals surface area contributed by atoms with E-state index in [0.29, 0.717) is 23.0 Å². The Morgan fingerprint density at radius 1 is 0.536 bits per heavy atom. The van der Waals surface area contributed by atoms with Crippen LogP contribution in [-0.2, 0) is 25.7 Å². The predicted molar refractivity (Wildman–Crippen MR) is 113 cm³/mol. The largest absolute Gasteiger partial charge is 0.508 e. The van der Waals surface area contributed by atoms with Crippen LogP contribution in [0.15, 0.2) is 24.3 Å². The molecule has 0 aromatic heterocycles. The van der Waals surface area contributed by atoms with Gasteiger partial charge in [0.25, 0.3) is 0 Å². The minimum absolute atomic E-state index is 0.319. The zero-order valence-corrected chi connectivity index (χ0v) is 17.7. The van der Waals surface area contributed by atoms with Crippen molar-refractivity contribution in [2.24, 2.45) is 0 Å². The molecule has 0 aliphatic rings. The number of phenolic OH excluding ortho intramolecular Hbond substituents is 2. The number of hydrogen-bond acceptors (Lipinski definition) is 4. The van der Waals surface area contributed by atoms with Gasteiger partial charge < -0.3 is 10.2 Å². The topological polar surface area (TPSA) is 58.9 Å². The number of hydrogen-bond donors (Lipinski definition) is 2. The lowest BCUT2D eigenvalue weighted by atomic mass is 9.97. The molecule has 4 nitrogen and oxygen atoms in total. The molecule has 2 rings (SSSR count). The lowest BCUT2D eigenvalue weighted by molar-refractivity contribution is -0.102. The summed E-state index contributed by atoms with van der Waals surface area (Å²) in [7, 11) is 0. The van der Waals surface area contributed by atoms with Crippen LogP contribution in [0.3, 0.4) is 0 Å². The standard InChI is InChI=1S/C24H34O4/c1-5-9-17-19(11-7-3)23(15-13-21(17)25)27-28-24-16-14-22(26)18(10-6-2)20(24)12-8-4/h13-16,25-26H,5-12H2,1-4H3. The van der Waals surface area contributed by atoms with Gasteiger partial charge in [0, 0.05) is 22.3 Å². The van der Waals surface area contributed by atoms with E-state index in [-0.39, 0.29) is 0 Å². The summed E-state index contributed by atoms with van der Waals surface area (Å²) in [6, 6.07) is 6.89. The van der Waals surface area contributed by atoms with E-state index in [2.05, 4.69) is 27.7 Å². The first-order valence-corrected chi connectivity index (χ1v) is 10.6. The van der Waals surface area contributed by atoms with Crippen LogP contribution in [0.2, 0.25) is 0 Å². The first kappa shape index (κ1) is 21.9. The molecule has 154 valence electrons. The van der Waals surface area contributed by atoms with Crippen molar-refractivity contribution in [3.05, 3.63) is 46.5 Å². The van der Waals surface area contributed by atoms with E-state index in [1.807, 2.05) is 0 Å². The van der Waals surface area contributed by atoms with Crippen LogP contribution in [0.4, 0.5) is 0 Å². The molecule has 0 saturated carbocycles. The van der Waals surface area contributed by atoms with E-state index in [4.69, 9.17) is 9.78 Å². The van der Waals surface area contributed by atoms with Gasteiger partial charge in [0.1, 0.15) is 11.5 Å². The summed E-state index contributed by atoms with van der Waals surface area (Å²) in [5.41, 5.74) is 3.90. The molecule has 0 saturated heterocycles. The van der Waals surface area contributed by atoms with Gasteiger partial charge in [-0.25, -0.2) is 0 Å². The first-order chi connectivity index (χ1) is 13.6. The zero-order valence-electron chi connectivity index (χ0n) is 17.7. The normalized spacial score (nSPS) is 10.9. The van der Waals surface area contributed by atoms with Crippen LogP contribution in [0, 0.1) is 0 Å². The number of rotatable bonds is 11. The van der Waals surface area contributed by atoms with E-state index < -0.39 is 0 Å². The second-order valence-electron chi connectivity index (χ2n) is 7.25. The van der Waals surface area contributed by atoms with Crippen LogP contribution >= 0.6 is 0 Å². The summed E-state index contributed by atoms with van der Waals surface area (Å²) in [5.74, 6) is 1.93. The zero-order chi connectivity index (χ0) is 20.5.